The van der Waals surface area contributed by atoms with Crippen molar-refractivity contribution in [2.24, 2.45) is 0 Å². The monoisotopic (exact) mass is 339 g/mol. The van der Waals surface area contributed by atoms with Gasteiger partial charge in [-0.15, -0.1) is 0 Å². The zero-order chi connectivity index (χ0) is 17.4. The van der Waals surface area contributed by atoms with E-state index < -0.39 is 0 Å². The number of fused-ring (bicyclic) bond motifs is 3. The number of aryl methyl sites for hydroxylation is 1. The van der Waals surface area contributed by atoms with Crippen LogP contribution in [0.4, 0.5) is 5.69 Å². The van der Waals surface area contributed by atoms with Crippen LogP contribution in [0.2, 0.25) is 0 Å². The molecule has 3 aromatic rings. The first kappa shape index (κ1) is 15.9. The van der Waals surface area contributed by atoms with Crippen molar-refractivity contribution in [3.63, 3.8) is 0 Å². The predicted molar refractivity (Wildman–Crippen MR) is 97.3 cm³/mol. The maximum absolute atomic E-state index is 12.2. The van der Waals surface area contributed by atoms with Crippen LogP contribution in [0, 0.1) is 6.92 Å². The molecule has 0 spiro atoms. The van der Waals surface area contributed by atoms with E-state index in [2.05, 4.69) is 33.1 Å². The van der Waals surface area contributed by atoms with Gasteiger partial charge in [0.1, 0.15) is 5.69 Å². The highest BCUT2D eigenvalue weighted by molar-refractivity contribution is 6.15. The molecule has 0 amide bonds. The van der Waals surface area contributed by atoms with Gasteiger partial charge in [0.05, 0.1) is 31.0 Å². The molecule has 0 aliphatic carbocycles. The van der Waals surface area contributed by atoms with E-state index in [1.54, 1.807) is 6.92 Å². The molecule has 130 valence electrons. The van der Waals surface area contributed by atoms with Gasteiger partial charge in [0, 0.05) is 35.1 Å². The van der Waals surface area contributed by atoms with Crippen LogP contribution in [-0.2, 0) is 9.47 Å². The van der Waals surface area contributed by atoms with Gasteiger partial charge >= 0.3 is 5.97 Å². The number of benzene rings is 1. The molecule has 1 aliphatic heterocycles. The number of H-pyrrole nitrogens is 1. The van der Waals surface area contributed by atoms with Gasteiger partial charge in [0.15, 0.2) is 0 Å². The van der Waals surface area contributed by atoms with E-state index in [-0.39, 0.29) is 5.97 Å². The van der Waals surface area contributed by atoms with Crippen molar-refractivity contribution in [2.45, 2.75) is 13.8 Å². The molecule has 0 atom stereocenters. The molecule has 0 bridgehead atoms. The molecular weight excluding hydrogens is 318 g/mol. The summed E-state index contributed by atoms with van der Waals surface area (Å²) < 4.78 is 10.6. The number of nitrogens with zero attached hydrogens (tertiary/aromatic N) is 2. The van der Waals surface area contributed by atoms with Crippen molar-refractivity contribution < 1.29 is 14.3 Å². The van der Waals surface area contributed by atoms with Gasteiger partial charge in [-0.1, -0.05) is 6.07 Å². The summed E-state index contributed by atoms with van der Waals surface area (Å²) in [5.74, 6) is -0.384. The summed E-state index contributed by atoms with van der Waals surface area (Å²) in [5.41, 5.74) is 4.32. The van der Waals surface area contributed by atoms with E-state index in [0.717, 1.165) is 59.5 Å². The highest BCUT2D eigenvalue weighted by Crippen LogP contribution is 2.35. The molecule has 6 heteroatoms. The number of nitrogens with one attached hydrogen (secondary N) is 1. The Labute approximate surface area is 145 Å². The molecule has 1 aliphatic rings. The van der Waals surface area contributed by atoms with Crippen molar-refractivity contribution in [3.05, 3.63) is 35.7 Å². The molecule has 1 fully saturated rings. The van der Waals surface area contributed by atoms with Crippen LogP contribution >= 0.6 is 0 Å². The number of rotatable bonds is 3. The highest BCUT2D eigenvalue weighted by Gasteiger charge is 2.19. The number of hydrogen-bond acceptors (Lipinski definition) is 5. The summed E-state index contributed by atoms with van der Waals surface area (Å²) in [6.45, 7) is 7.23. The fraction of sp³-hybridized carbons (Fsp3) is 0.368. The van der Waals surface area contributed by atoms with Crippen molar-refractivity contribution in [2.75, 3.05) is 37.8 Å². The number of morpholine rings is 1. The van der Waals surface area contributed by atoms with Crippen LogP contribution < -0.4 is 4.90 Å². The quantitative estimate of drug-likeness (QED) is 0.743. The van der Waals surface area contributed by atoms with Crippen LogP contribution in [-0.4, -0.2) is 48.8 Å². The van der Waals surface area contributed by atoms with E-state index in [9.17, 15) is 4.79 Å². The summed E-state index contributed by atoms with van der Waals surface area (Å²) in [5, 5.41) is 2.13. The second kappa shape index (κ2) is 6.37. The summed E-state index contributed by atoms with van der Waals surface area (Å²) in [6.07, 6.45) is 0. The van der Waals surface area contributed by atoms with E-state index >= 15 is 0 Å². The molecular formula is C19H21N3O3. The average molecular weight is 339 g/mol. The van der Waals surface area contributed by atoms with E-state index in [4.69, 9.17) is 9.47 Å². The van der Waals surface area contributed by atoms with Crippen molar-refractivity contribution >= 4 is 33.5 Å². The Balaban J connectivity index is 1.94. The third kappa shape index (κ3) is 2.72. The number of anilines is 1. The standard InChI is InChI=1S/C19H21N3O3/c1-3-25-19(23)15-11-13-17-14(21-18(13)12(2)20-15)5-4-6-16(17)22-7-9-24-10-8-22/h4-6,11,21H,3,7-10H2,1-2H3. The summed E-state index contributed by atoms with van der Waals surface area (Å²) in [4.78, 5) is 22.4. The van der Waals surface area contributed by atoms with Crippen LogP contribution in [0.5, 0.6) is 0 Å². The van der Waals surface area contributed by atoms with Crippen LogP contribution in [0.15, 0.2) is 24.3 Å². The van der Waals surface area contributed by atoms with Crippen molar-refractivity contribution in [1.29, 1.82) is 0 Å². The van der Waals surface area contributed by atoms with Crippen LogP contribution in [0.1, 0.15) is 23.1 Å². The lowest BCUT2D eigenvalue weighted by Gasteiger charge is -2.29. The number of hydrogen-bond donors (Lipinski definition) is 1. The predicted octanol–water partition coefficient (Wildman–Crippen LogP) is 3.04. The van der Waals surface area contributed by atoms with Gasteiger partial charge in [-0.3, -0.25) is 0 Å². The maximum Gasteiger partial charge on any atom is 0.356 e. The van der Waals surface area contributed by atoms with Crippen molar-refractivity contribution in [1.82, 2.24) is 9.97 Å². The lowest BCUT2D eigenvalue weighted by molar-refractivity contribution is 0.0519. The third-order valence-electron chi connectivity index (χ3n) is 4.61. The zero-order valence-corrected chi connectivity index (χ0v) is 14.5. The number of pyridine rings is 1. The topological polar surface area (TPSA) is 67.5 Å². The maximum atomic E-state index is 12.2. The molecule has 0 saturated carbocycles. The Morgan fingerprint density at radius 2 is 2.16 bits per heavy atom. The molecule has 1 aromatic carbocycles. The number of esters is 1. The fourth-order valence-corrected chi connectivity index (χ4v) is 3.47. The van der Waals surface area contributed by atoms with Crippen LogP contribution in [0.3, 0.4) is 0 Å². The summed E-state index contributed by atoms with van der Waals surface area (Å²) >= 11 is 0. The molecule has 1 N–H and O–H groups in total. The number of carbonyl (C=O) groups excluding carboxylic acids is 1. The van der Waals surface area contributed by atoms with Crippen molar-refractivity contribution in [3.8, 4) is 0 Å². The van der Waals surface area contributed by atoms with Gasteiger partial charge in [-0.2, -0.15) is 0 Å². The largest absolute Gasteiger partial charge is 0.461 e. The number of aromatic amines is 1. The second-order valence-corrected chi connectivity index (χ2v) is 6.16. The van der Waals surface area contributed by atoms with Gasteiger partial charge in [0.2, 0.25) is 0 Å². The minimum absolute atomic E-state index is 0.338. The summed E-state index contributed by atoms with van der Waals surface area (Å²) in [7, 11) is 0. The molecule has 4 rings (SSSR count). The average Bonchev–Trinajstić information content (AvgIpc) is 3.02. The number of aromatic nitrogens is 2. The lowest BCUT2D eigenvalue weighted by Crippen LogP contribution is -2.36. The lowest BCUT2D eigenvalue weighted by atomic mass is 10.1. The van der Waals surface area contributed by atoms with E-state index in [1.165, 1.54) is 0 Å². The van der Waals surface area contributed by atoms with Gasteiger partial charge < -0.3 is 19.4 Å². The SMILES string of the molecule is CCOC(=O)c1cc2c([nH]c3cccc(N4CCOCC4)c32)c(C)n1. The Morgan fingerprint density at radius 3 is 2.92 bits per heavy atom. The summed E-state index contributed by atoms with van der Waals surface area (Å²) in [6, 6.07) is 8.07. The first-order chi connectivity index (χ1) is 12.2. The highest BCUT2D eigenvalue weighted by atomic mass is 16.5. The molecule has 3 heterocycles. The first-order valence-corrected chi connectivity index (χ1v) is 8.61. The van der Waals surface area contributed by atoms with Gasteiger partial charge in [-0.25, -0.2) is 9.78 Å². The van der Waals surface area contributed by atoms with E-state index in [1.807, 2.05) is 13.0 Å². The normalized spacial score (nSPS) is 15.0. The Bertz CT molecular complexity index is 942. The number of ether oxygens (including phenoxy) is 2. The van der Waals surface area contributed by atoms with Gasteiger partial charge in [-0.05, 0) is 32.0 Å². The molecule has 6 nitrogen and oxygen atoms in total. The molecule has 1 saturated heterocycles. The van der Waals surface area contributed by atoms with Gasteiger partial charge in [0.25, 0.3) is 0 Å². The second-order valence-electron chi connectivity index (χ2n) is 6.16. The molecule has 2 aromatic heterocycles. The first-order valence-electron chi connectivity index (χ1n) is 8.61. The minimum atomic E-state index is -0.384. The Morgan fingerprint density at radius 1 is 1.36 bits per heavy atom. The molecule has 0 radical (unpaired) electrons. The van der Waals surface area contributed by atoms with E-state index in [0.29, 0.717) is 12.3 Å². The Kier molecular flexibility index (Phi) is 4.05. The number of carbonyl (C=O) groups is 1. The smallest absolute Gasteiger partial charge is 0.356 e. The molecule has 0 unspecified atom stereocenters. The molecule has 25 heavy (non-hydrogen) atoms. The Hall–Kier alpha value is -2.60. The third-order valence-corrected chi connectivity index (χ3v) is 4.61. The zero-order valence-electron chi connectivity index (χ0n) is 14.5. The fourth-order valence-electron chi connectivity index (χ4n) is 3.47. The minimum Gasteiger partial charge on any atom is -0.461 e. The van der Waals surface area contributed by atoms with Crippen LogP contribution in [0.25, 0.3) is 21.8 Å².